The predicted octanol–water partition coefficient (Wildman–Crippen LogP) is 4.37. The monoisotopic (exact) mass is 399 g/mol. The molecule has 0 aliphatic carbocycles. The van der Waals surface area contributed by atoms with Gasteiger partial charge in [-0.25, -0.2) is 9.97 Å². The second kappa shape index (κ2) is 9.05. The van der Waals surface area contributed by atoms with Crippen LogP contribution in [0.15, 0.2) is 90.0 Å². The summed E-state index contributed by atoms with van der Waals surface area (Å²) in [5.74, 6) is 2.61. The molecule has 4 aromatic rings. The van der Waals surface area contributed by atoms with Crippen LogP contribution in [-0.2, 0) is 13.2 Å². The van der Waals surface area contributed by atoms with Crippen LogP contribution in [0.2, 0.25) is 0 Å². The van der Waals surface area contributed by atoms with Crippen molar-refractivity contribution in [1.29, 1.82) is 0 Å². The molecule has 4 rings (SSSR count). The van der Waals surface area contributed by atoms with Gasteiger partial charge in [-0.05, 0) is 48.9 Å². The van der Waals surface area contributed by atoms with Gasteiger partial charge in [-0.2, -0.15) is 0 Å². The van der Waals surface area contributed by atoms with E-state index >= 15 is 0 Å². The van der Waals surface area contributed by atoms with Crippen molar-refractivity contribution in [2.24, 2.45) is 0 Å². The summed E-state index contributed by atoms with van der Waals surface area (Å²) < 4.78 is 13.2. The number of pyridine rings is 1. The van der Waals surface area contributed by atoms with E-state index in [2.05, 4.69) is 9.97 Å². The quantitative estimate of drug-likeness (QED) is 0.462. The maximum absolute atomic E-state index is 12.6. The average molecular weight is 399 g/mol. The summed E-state index contributed by atoms with van der Waals surface area (Å²) in [5.41, 5.74) is 1.70. The Morgan fingerprint density at radius 3 is 2.23 bits per heavy atom. The number of benzene rings is 2. The maximum Gasteiger partial charge on any atom is 0.254 e. The number of rotatable bonds is 7. The number of hydrogen-bond acceptors (Lipinski definition) is 5. The van der Waals surface area contributed by atoms with Crippen molar-refractivity contribution in [3.8, 4) is 17.2 Å². The van der Waals surface area contributed by atoms with Crippen molar-refractivity contribution in [1.82, 2.24) is 14.5 Å². The fourth-order valence-electron chi connectivity index (χ4n) is 3.01. The number of ether oxygens (including phenoxy) is 2. The highest BCUT2D eigenvalue weighted by atomic mass is 16.5. The minimum absolute atomic E-state index is 0.122. The zero-order chi connectivity index (χ0) is 20.8. The third-order valence-corrected chi connectivity index (χ3v) is 4.54. The molecule has 0 spiro atoms. The SMILES string of the molecule is Cc1cc(OCc2ncccn2)cc(=O)n1Cc1ccc(Oc2ccccc2)cc1. The summed E-state index contributed by atoms with van der Waals surface area (Å²) in [6.45, 7) is 2.57. The van der Waals surface area contributed by atoms with Crippen LogP contribution < -0.4 is 15.0 Å². The summed E-state index contributed by atoms with van der Waals surface area (Å²) >= 11 is 0. The third kappa shape index (κ3) is 4.91. The normalized spacial score (nSPS) is 10.6. The number of hydrogen-bond donors (Lipinski definition) is 0. The fraction of sp³-hybridized carbons (Fsp3) is 0.125. The number of para-hydroxylation sites is 1. The van der Waals surface area contributed by atoms with E-state index in [0.29, 0.717) is 18.1 Å². The van der Waals surface area contributed by atoms with Crippen LogP contribution in [0.5, 0.6) is 17.2 Å². The minimum Gasteiger partial charge on any atom is -0.485 e. The molecule has 2 aromatic carbocycles. The molecule has 2 heterocycles. The molecule has 150 valence electrons. The van der Waals surface area contributed by atoms with Gasteiger partial charge in [0, 0.05) is 24.2 Å². The van der Waals surface area contributed by atoms with E-state index in [1.807, 2.05) is 67.6 Å². The van der Waals surface area contributed by atoms with E-state index in [1.54, 1.807) is 23.0 Å². The summed E-state index contributed by atoms with van der Waals surface area (Å²) in [7, 11) is 0. The van der Waals surface area contributed by atoms with Crippen LogP contribution in [0, 0.1) is 6.92 Å². The van der Waals surface area contributed by atoms with Gasteiger partial charge >= 0.3 is 0 Å². The van der Waals surface area contributed by atoms with Gasteiger partial charge in [-0.3, -0.25) is 4.79 Å². The van der Waals surface area contributed by atoms with E-state index in [1.165, 1.54) is 6.07 Å². The average Bonchev–Trinajstić information content (AvgIpc) is 2.77. The Kier molecular flexibility index (Phi) is 5.85. The smallest absolute Gasteiger partial charge is 0.254 e. The molecule has 30 heavy (non-hydrogen) atoms. The van der Waals surface area contributed by atoms with Crippen molar-refractivity contribution >= 4 is 0 Å². The first-order chi connectivity index (χ1) is 14.7. The van der Waals surface area contributed by atoms with Gasteiger partial charge in [0.05, 0.1) is 6.54 Å². The Morgan fingerprint density at radius 2 is 1.53 bits per heavy atom. The van der Waals surface area contributed by atoms with Gasteiger partial charge in [-0.15, -0.1) is 0 Å². The van der Waals surface area contributed by atoms with Gasteiger partial charge in [0.1, 0.15) is 23.9 Å². The van der Waals surface area contributed by atoms with Gasteiger partial charge in [0.15, 0.2) is 5.82 Å². The Morgan fingerprint density at radius 1 is 0.833 bits per heavy atom. The van der Waals surface area contributed by atoms with Gasteiger partial charge in [0.25, 0.3) is 5.56 Å². The highest BCUT2D eigenvalue weighted by molar-refractivity contribution is 5.33. The first-order valence-corrected chi connectivity index (χ1v) is 9.59. The topological polar surface area (TPSA) is 66.2 Å². The Labute approximate surface area is 174 Å². The van der Waals surface area contributed by atoms with Crippen molar-refractivity contribution in [3.63, 3.8) is 0 Å². The van der Waals surface area contributed by atoms with Crippen molar-refractivity contribution in [3.05, 3.63) is 113 Å². The molecule has 0 N–H and O–H groups in total. The molecule has 0 atom stereocenters. The lowest BCUT2D eigenvalue weighted by Crippen LogP contribution is -2.22. The Bertz CT molecular complexity index is 1160. The highest BCUT2D eigenvalue weighted by Crippen LogP contribution is 2.21. The molecule has 0 aliphatic heterocycles. The summed E-state index contributed by atoms with van der Waals surface area (Å²) in [6.07, 6.45) is 3.32. The lowest BCUT2D eigenvalue weighted by atomic mass is 10.2. The van der Waals surface area contributed by atoms with Gasteiger partial charge < -0.3 is 14.0 Å². The third-order valence-electron chi connectivity index (χ3n) is 4.54. The lowest BCUT2D eigenvalue weighted by molar-refractivity contribution is 0.294. The zero-order valence-electron chi connectivity index (χ0n) is 16.6. The molecule has 6 heteroatoms. The Balaban J connectivity index is 1.43. The molecule has 0 saturated carbocycles. The number of aromatic nitrogens is 3. The molecule has 0 bridgehead atoms. The second-order valence-electron chi connectivity index (χ2n) is 6.77. The first-order valence-electron chi connectivity index (χ1n) is 9.59. The number of nitrogens with zero attached hydrogens (tertiary/aromatic N) is 3. The molecule has 0 radical (unpaired) electrons. The molecule has 0 fully saturated rings. The van der Waals surface area contributed by atoms with Crippen LogP contribution in [0.4, 0.5) is 0 Å². The first kappa shape index (κ1) is 19.4. The van der Waals surface area contributed by atoms with Crippen LogP contribution in [0.25, 0.3) is 0 Å². The molecule has 0 unspecified atom stereocenters. The second-order valence-corrected chi connectivity index (χ2v) is 6.77. The highest BCUT2D eigenvalue weighted by Gasteiger charge is 2.07. The van der Waals surface area contributed by atoms with Crippen molar-refractivity contribution < 1.29 is 9.47 Å². The van der Waals surface area contributed by atoms with E-state index in [0.717, 1.165) is 22.8 Å². The minimum atomic E-state index is -0.122. The Hall–Kier alpha value is -3.93. The molecular formula is C24H21N3O3. The van der Waals surface area contributed by atoms with Crippen LogP contribution in [0.3, 0.4) is 0 Å². The van der Waals surface area contributed by atoms with E-state index in [-0.39, 0.29) is 12.2 Å². The van der Waals surface area contributed by atoms with Crippen LogP contribution in [0.1, 0.15) is 17.1 Å². The van der Waals surface area contributed by atoms with Crippen molar-refractivity contribution in [2.75, 3.05) is 0 Å². The largest absolute Gasteiger partial charge is 0.485 e. The van der Waals surface area contributed by atoms with E-state index in [4.69, 9.17) is 9.47 Å². The summed E-state index contributed by atoms with van der Waals surface area (Å²) in [6, 6.07) is 22.4. The summed E-state index contributed by atoms with van der Waals surface area (Å²) in [4.78, 5) is 20.8. The van der Waals surface area contributed by atoms with E-state index in [9.17, 15) is 4.79 Å². The molecule has 2 aromatic heterocycles. The molecule has 0 saturated heterocycles. The van der Waals surface area contributed by atoms with Gasteiger partial charge in [-0.1, -0.05) is 30.3 Å². The molecular weight excluding hydrogens is 378 g/mol. The van der Waals surface area contributed by atoms with Gasteiger partial charge in [0.2, 0.25) is 0 Å². The summed E-state index contributed by atoms with van der Waals surface area (Å²) in [5, 5.41) is 0. The lowest BCUT2D eigenvalue weighted by Gasteiger charge is -2.13. The van der Waals surface area contributed by atoms with Crippen molar-refractivity contribution in [2.45, 2.75) is 20.1 Å². The molecule has 6 nitrogen and oxygen atoms in total. The maximum atomic E-state index is 12.6. The molecule has 0 aliphatic rings. The van der Waals surface area contributed by atoms with Crippen LogP contribution in [-0.4, -0.2) is 14.5 Å². The molecule has 0 amide bonds. The standard InChI is InChI=1S/C24H21N3O3/c1-18-14-22(29-17-23-25-12-5-13-26-23)15-24(28)27(18)16-19-8-10-21(11-9-19)30-20-6-3-2-4-7-20/h2-15H,16-17H2,1H3. The fourth-order valence-corrected chi connectivity index (χ4v) is 3.01. The number of aryl methyl sites for hydroxylation is 1. The zero-order valence-corrected chi connectivity index (χ0v) is 16.6. The predicted molar refractivity (Wildman–Crippen MR) is 114 cm³/mol. The van der Waals surface area contributed by atoms with E-state index < -0.39 is 0 Å². The van der Waals surface area contributed by atoms with Crippen LogP contribution >= 0.6 is 0 Å².